The minimum absolute atomic E-state index is 0.0258. The smallest absolute Gasteiger partial charge is 0.224 e. The van der Waals surface area contributed by atoms with Crippen molar-refractivity contribution < 1.29 is 9.53 Å². The van der Waals surface area contributed by atoms with E-state index in [0.29, 0.717) is 18.6 Å². The molecule has 6 nitrogen and oxygen atoms in total. The summed E-state index contributed by atoms with van der Waals surface area (Å²) in [5.41, 5.74) is 5.50. The van der Waals surface area contributed by atoms with Gasteiger partial charge in [-0.05, 0) is 72.7 Å². The number of nitrogens with one attached hydrogen (secondary N) is 2. The number of aliphatic imine (C=N–C) groups is 1. The van der Waals surface area contributed by atoms with Gasteiger partial charge in [0.1, 0.15) is 23.0 Å². The molecule has 0 saturated carbocycles. The van der Waals surface area contributed by atoms with Gasteiger partial charge in [-0.2, -0.15) is 0 Å². The first-order chi connectivity index (χ1) is 15.7. The lowest BCUT2D eigenvalue weighted by molar-refractivity contribution is -0.116. The largest absolute Gasteiger partial charge is 0.457 e. The summed E-state index contributed by atoms with van der Waals surface area (Å²) in [6.07, 6.45) is 6.25. The molecule has 5 rings (SSSR count). The summed E-state index contributed by atoms with van der Waals surface area (Å²) >= 11 is 0. The zero-order chi connectivity index (χ0) is 21.8. The van der Waals surface area contributed by atoms with Gasteiger partial charge in [0.25, 0.3) is 0 Å². The Morgan fingerprint density at radius 1 is 1.03 bits per heavy atom. The van der Waals surface area contributed by atoms with E-state index in [-0.39, 0.29) is 5.91 Å². The van der Waals surface area contributed by atoms with E-state index in [1.165, 1.54) is 17.5 Å². The molecule has 0 radical (unpaired) electrons. The van der Waals surface area contributed by atoms with Crippen LogP contribution in [-0.2, 0) is 24.1 Å². The van der Waals surface area contributed by atoms with E-state index in [0.717, 1.165) is 54.5 Å². The Labute approximate surface area is 187 Å². The lowest BCUT2D eigenvalue weighted by Gasteiger charge is -2.10. The van der Waals surface area contributed by atoms with Crippen molar-refractivity contribution in [2.45, 2.75) is 32.1 Å². The number of carbonyl (C=O) groups excluding carboxylic acids is 1. The van der Waals surface area contributed by atoms with Crippen molar-refractivity contribution in [3.63, 3.8) is 0 Å². The lowest BCUT2D eigenvalue weighted by atomic mass is 10.1. The van der Waals surface area contributed by atoms with Gasteiger partial charge in [0.2, 0.25) is 5.91 Å². The molecule has 3 aromatic rings. The average Bonchev–Trinajstić information content (AvgIpc) is 3.50. The van der Waals surface area contributed by atoms with Crippen molar-refractivity contribution in [1.29, 1.82) is 0 Å². The first kappa shape index (κ1) is 20.2. The number of ether oxygens (including phenoxy) is 1. The minimum atomic E-state index is 0.0258. The van der Waals surface area contributed by atoms with Crippen molar-refractivity contribution in [3.05, 3.63) is 83.2 Å². The highest BCUT2D eigenvalue weighted by Gasteiger charge is 2.13. The predicted octanol–water partition coefficient (Wildman–Crippen LogP) is 4.28. The molecule has 1 aliphatic heterocycles. The fraction of sp³-hybridized carbons (Fsp3) is 0.269. The van der Waals surface area contributed by atoms with Crippen LogP contribution in [0.2, 0.25) is 0 Å². The zero-order valence-electron chi connectivity index (χ0n) is 17.9. The molecule has 0 bridgehead atoms. The van der Waals surface area contributed by atoms with Gasteiger partial charge >= 0.3 is 0 Å². The summed E-state index contributed by atoms with van der Waals surface area (Å²) in [5.74, 6) is 2.27. The quantitative estimate of drug-likeness (QED) is 0.591. The number of fused-ring (bicyclic) bond motifs is 1. The second-order valence-electron chi connectivity index (χ2n) is 8.17. The van der Waals surface area contributed by atoms with E-state index < -0.39 is 0 Å². The summed E-state index contributed by atoms with van der Waals surface area (Å²) in [4.78, 5) is 21.2. The maximum Gasteiger partial charge on any atom is 0.224 e. The molecule has 2 N–H and O–H groups in total. The molecule has 6 heteroatoms. The molecule has 1 aliphatic carbocycles. The third kappa shape index (κ3) is 4.80. The van der Waals surface area contributed by atoms with Crippen LogP contribution in [0.15, 0.2) is 65.8 Å². The van der Waals surface area contributed by atoms with Gasteiger partial charge in [0.15, 0.2) is 0 Å². The van der Waals surface area contributed by atoms with Crippen LogP contribution in [0.4, 0.5) is 5.69 Å². The van der Waals surface area contributed by atoms with Gasteiger partial charge in [0, 0.05) is 30.9 Å². The fourth-order valence-electron chi connectivity index (χ4n) is 4.21. The highest BCUT2D eigenvalue weighted by atomic mass is 16.5. The normalized spacial score (nSPS) is 14.4. The van der Waals surface area contributed by atoms with E-state index in [1.807, 2.05) is 42.5 Å². The third-order valence-corrected chi connectivity index (χ3v) is 5.81. The standard InChI is InChI=1S/C26H26N4O2/c31-25(30-21-9-8-19-4-2-5-20(19)16-21)10-7-18-3-1-6-22(15-18)32-23-11-12-27-24(17-23)26-28-13-14-29-26/h1,3,6,8-9,11-12,15-17H,2,4-5,7,10,13-14H2,(H,28,29)(H,30,31). The number of nitrogens with zero attached hydrogens (tertiary/aromatic N) is 2. The number of carbonyl (C=O) groups is 1. The zero-order valence-corrected chi connectivity index (χ0v) is 17.9. The molecule has 2 aromatic carbocycles. The Morgan fingerprint density at radius 2 is 1.94 bits per heavy atom. The van der Waals surface area contributed by atoms with Crippen molar-refractivity contribution in [2.24, 2.45) is 4.99 Å². The van der Waals surface area contributed by atoms with E-state index in [9.17, 15) is 4.79 Å². The number of hydrogen-bond acceptors (Lipinski definition) is 5. The van der Waals surface area contributed by atoms with Crippen LogP contribution in [0, 0.1) is 0 Å². The molecule has 1 aromatic heterocycles. The van der Waals surface area contributed by atoms with Crippen molar-refractivity contribution in [2.75, 3.05) is 18.4 Å². The lowest BCUT2D eigenvalue weighted by Crippen LogP contribution is -2.20. The number of rotatable bonds is 7. The summed E-state index contributed by atoms with van der Waals surface area (Å²) in [6, 6.07) is 17.8. The van der Waals surface area contributed by atoms with Crippen molar-refractivity contribution in [1.82, 2.24) is 10.3 Å². The average molecular weight is 427 g/mol. The minimum Gasteiger partial charge on any atom is -0.457 e. The molecule has 2 heterocycles. The summed E-state index contributed by atoms with van der Waals surface area (Å²) in [5, 5.41) is 6.26. The van der Waals surface area contributed by atoms with Crippen LogP contribution in [0.25, 0.3) is 0 Å². The number of amidine groups is 1. The molecule has 0 spiro atoms. The SMILES string of the molecule is O=C(CCc1cccc(Oc2ccnc(C3=NCCN3)c2)c1)Nc1ccc2c(c1)CCC2. The van der Waals surface area contributed by atoms with Crippen LogP contribution in [0.1, 0.15) is 35.2 Å². The number of benzene rings is 2. The summed E-state index contributed by atoms with van der Waals surface area (Å²) in [7, 11) is 0. The Hall–Kier alpha value is -3.67. The molecule has 32 heavy (non-hydrogen) atoms. The number of amides is 1. The van der Waals surface area contributed by atoms with Gasteiger partial charge in [-0.3, -0.25) is 14.8 Å². The van der Waals surface area contributed by atoms with E-state index in [4.69, 9.17) is 4.74 Å². The predicted molar refractivity (Wildman–Crippen MR) is 126 cm³/mol. The molecule has 0 unspecified atom stereocenters. The first-order valence-electron chi connectivity index (χ1n) is 11.2. The summed E-state index contributed by atoms with van der Waals surface area (Å²) in [6.45, 7) is 1.61. The third-order valence-electron chi connectivity index (χ3n) is 5.81. The van der Waals surface area contributed by atoms with Crippen LogP contribution in [0.3, 0.4) is 0 Å². The van der Waals surface area contributed by atoms with Crippen LogP contribution < -0.4 is 15.4 Å². The molecular formula is C26H26N4O2. The van der Waals surface area contributed by atoms with Crippen LogP contribution in [-0.4, -0.2) is 29.8 Å². The molecule has 1 amide bonds. The second-order valence-corrected chi connectivity index (χ2v) is 8.17. The van der Waals surface area contributed by atoms with Crippen LogP contribution in [0.5, 0.6) is 11.5 Å². The highest BCUT2D eigenvalue weighted by molar-refractivity contribution is 5.98. The number of aryl methyl sites for hydroxylation is 3. The van der Waals surface area contributed by atoms with Crippen molar-refractivity contribution >= 4 is 17.4 Å². The Bertz CT molecular complexity index is 1170. The molecule has 162 valence electrons. The van der Waals surface area contributed by atoms with Gasteiger partial charge < -0.3 is 15.4 Å². The Balaban J connectivity index is 1.18. The van der Waals surface area contributed by atoms with Crippen LogP contribution >= 0.6 is 0 Å². The van der Waals surface area contributed by atoms with E-state index in [1.54, 1.807) is 6.20 Å². The Kier molecular flexibility index (Phi) is 5.83. The van der Waals surface area contributed by atoms with Gasteiger partial charge in [-0.15, -0.1) is 0 Å². The number of pyridine rings is 1. The molecular weight excluding hydrogens is 400 g/mol. The topological polar surface area (TPSA) is 75.6 Å². The second kappa shape index (κ2) is 9.22. The monoisotopic (exact) mass is 426 g/mol. The van der Waals surface area contributed by atoms with Crippen molar-refractivity contribution in [3.8, 4) is 11.5 Å². The molecule has 0 fully saturated rings. The summed E-state index contributed by atoms with van der Waals surface area (Å²) < 4.78 is 6.04. The first-order valence-corrected chi connectivity index (χ1v) is 11.2. The number of aromatic nitrogens is 1. The molecule has 0 atom stereocenters. The Morgan fingerprint density at radius 3 is 2.84 bits per heavy atom. The van der Waals surface area contributed by atoms with E-state index in [2.05, 4.69) is 32.7 Å². The maximum absolute atomic E-state index is 12.5. The fourth-order valence-corrected chi connectivity index (χ4v) is 4.21. The van der Waals surface area contributed by atoms with E-state index >= 15 is 0 Å². The highest BCUT2D eigenvalue weighted by Crippen LogP contribution is 2.26. The van der Waals surface area contributed by atoms with Gasteiger partial charge in [-0.25, -0.2) is 0 Å². The van der Waals surface area contributed by atoms with Gasteiger partial charge in [0.05, 0.1) is 6.54 Å². The van der Waals surface area contributed by atoms with Gasteiger partial charge in [-0.1, -0.05) is 18.2 Å². The number of hydrogen-bond donors (Lipinski definition) is 2. The molecule has 2 aliphatic rings. The maximum atomic E-state index is 12.5. The number of anilines is 1. The molecule has 0 saturated heterocycles.